The van der Waals surface area contributed by atoms with E-state index in [1.807, 2.05) is 13.8 Å². The number of aromatic nitrogens is 1. The van der Waals surface area contributed by atoms with Crippen molar-refractivity contribution in [1.29, 1.82) is 0 Å². The van der Waals surface area contributed by atoms with Crippen LogP contribution in [0.4, 0.5) is 4.79 Å². The maximum atomic E-state index is 12.8. The monoisotopic (exact) mass is 484 g/mol. The van der Waals surface area contributed by atoms with Gasteiger partial charge in [-0.15, -0.1) is 11.3 Å². The molecule has 0 saturated heterocycles. The highest BCUT2D eigenvalue weighted by molar-refractivity contribution is 7.13. The quantitative estimate of drug-likeness (QED) is 0.180. The van der Waals surface area contributed by atoms with Gasteiger partial charge in [0.05, 0.1) is 11.7 Å². The van der Waals surface area contributed by atoms with Crippen LogP contribution in [0, 0.1) is 12.8 Å². The molecule has 1 aromatic rings. The van der Waals surface area contributed by atoms with Gasteiger partial charge in [-0.05, 0) is 52.9 Å². The van der Waals surface area contributed by atoms with Crippen molar-refractivity contribution in [2.75, 3.05) is 6.54 Å². The number of ether oxygens (including phenoxy) is 1. The van der Waals surface area contributed by atoms with E-state index in [0.29, 0.717) is 28.4 Å². The van der Waals surface area contributed by atoms with Crippen LogP contribution in [0.15, 0.2) is 4.99 Å². The predicted molar refractivity (Wildman–Crippen MR) is 127 cm³/mol. The Kier molecular flexibility index (Phi) is 10.6. The third-order valence-electron chi connectivity index (χ3n) is 4.26. The molecule has 7 N–H and O–H groups in total. The number of carbonyl (C=O) groups excluding carboxylic acids is 2. The van der Waals surface area contributed by atoms with Gasteiger partial charge in [0.25, 0.3) is 5.91 Å². The van der Waals surface area contributed by atoms with E-state index in [1.165, 1.54) is 0 Å². The number of carboxylic acids is 1. The van der Waals surface area contributed by atoms with Crippen LogP contribution >= 0.6 is 11.3 Å². The minimum Gasteiger partial charge on any atom is -0.480 e. The highest BCUT2D eigenvalue weighted by atomic mass is 32.1. The lowest BCUT2D eigenvalue weighted by Crippen LogP contribution is -2.40. The number of alkyl carbamates (subject to hydrolysis) is 1. The van der Waals surface area contributed by atoms with Gasteiger partial charge in [-0.1, -0.05) is 13.8 Å². The van der Waals surface area contributed by atoms with Crippen molar-refractivity contribution in [3.63, 3.8) is 0 Å². The molecule has 1 rings (SSSR count). The van der Waals surface area contributed by atoms with E-state index in [0.717, 1.165) is 11.3 Å². The van der Waals surface area contributed by atoms with Crippen LogP contribution in [0.3, 0.4) is 0 Å². The number of rotatable bonds is 11. The van der Waals surface area contributed by atoms with E-state index < -0.39 is 35.7 Å². The van der Waals surface area contributed by atoms with Crippen LogP contribution in [0.25, 0.3) is 0 Å². The number of nitrogens with one attached hydrogen (secondary N) is 2. The van der Waals surface area contributed by atoms with Crippen LogP contribution in [-0.2, 0) is 9.53 Å². The summed E-state index contributed by atoms with van der Waals surface area (Å²) in [5.41, 5.74) is 10.3. The molecule has 0 aliphatic heterocycles. The van der Waals surface area contributed by atoms with Crippen molar-refractivity contribution in [3.8, 4) is 0 Å². The zero-order valence-electron chi connectivity index (χ0n) is 20.1. The fourth-order valence-corrected chi connectivity index (χ4v) is 3.94. The molecular weight excluding hydrogens is 448 g/mol. The lowest BCUT2D eigenvalue weighted by Gasteiger charge is -2.23. The molecule has 0 aliphatic carbocycles. The number of nitrogens with two attached hydrogens (primary N) is 2. The Hall–Kier alpha value is -2.89. The number of hydrogen-bond donors (Lipinski definition) is 5. The van der Waals surface area contributed by atoms with Crippen molar-refractivity contribution in [2.24, 2.45) is 22.4 Å². The molecule has 12 heteroatoms. The summed E-state index contributed by atoms with van der Waals surface area (Å²) in [6.07, 6.45) is 0.575. The van der Waals surface area contributed by atoms with Gasteiger partial charge in [0, 0.05) is 6.54 Å². The summed E-state index contributed by atoms with van der Waals surface area (Å²) in [5.74, 6) is -1.52. The second kappa shape index (κ2) is 12.4. The van der Waals surface area contributed by atoms with Crippen molar-refractivity contribution in [2.45, 2.75) is 78.5 Å². The van der Waals surface area contributed by atoms with Gasteiger partial charge in [-0.2, -0.15) is 0 Å². The van der Waals surface area contributed by atoms with Crippen LogP contribution in [0.2, 0.25) is 0 Å². The molecule has 2 atom stereocenters. The number of amides is 2. The maximum Gasteiger partial charge on any atom is 0.408 e. The lowest BCUT2D eigenvalue weighted by molar-refractivity contribution is -0.139. The number of nitrogens with zero attached hydrogens (tertiary/aromatic N) is 2. The zero-order chi connectivity index (χ0) is 25.3. The maximum absolute atomic E-state index is 12.8. The van der Waals surface area contributed by atoms with Gasteiger partial charge >= 0.3 is 12.1 Å². The molecule has 1 aromatic heterocycles. The van der Waals surface area contributed by atoms with Crippen molar-refractivity contribution >= 4 is 35.3 Å². The molecule has 0 saturated carbocycles. The third-order valence-corrected chi connectivity index (χ3v) is 5.53. The average Bonchev–Trinajstić information content (AvgIpc) is 3.03. The first-order valence-electron chi connectivity index (χ1n) is 10.8. The summed E-state index contributed by atoms with van der Waals surface area (Å²) in [5, 5.41) is 15.4. The van der Waals surface area contributed by atoms with Crippen LogP contribution in [0.1, 0.15) is 80.3 Å². The van der Waals surface area contributed by atoms with Crippen LogP contribution in [-0.4, -0.2) is 52.2 Å². The fraction of sp³-hybridized carbons (Fsp3) is 0.667. The van der Waals surface area contributed by atoms with E-state index in [-0.39, 0.29) is 24.8 Å². The number of aliphatic imine (C=N–C) groups is 1. The summed E-state index contributed by atoms with van der Waals surface area (Å²) in [7, 11) is 0. The standard InChI is InChI=1S/C21H36N6O5S/c1-11(2)10-14(27-20(31)32-21(4,5)6)17-25-12(3)15(33-17)16(28)26-13(18(29)30)8-7-9-24-19(22)23/h11,13-14H,7-10H2,1-6H3,(H,26,28)(H,27,31)(H,29,30)(H4,22,23,24)/t13-,14-/m0/s1. The number of thiazole rings is 1. The first-order chi connectivity index (χ1) is 15.2. The second-order valence-corrected chi connectivity index (χ2v) is 10.1. The topological polar surface area (TPSA) is 182 Å². The smallest absolute Gasteiger partial charge is 0.408 e. The highest BCUT2D eigenvalue weighted by Gasteiger charge is 2.27. The average molecular weight is 485 g/mol. The molecule has 0 unspecified atom stereocenters. The van der Waals surface area contributed by atoms with Crippen molar-refractivity contribution in [3.05, 3.63) is 15.6 Å². The van der Waals surface area contributed by atoms with E-state index in [2.05, 4.69) is 20.6 Å². The van der Waals surface area contributed by atoms with E-state index in [4.69, 9.17) is 16.2 Å². The Morgan fingerprint density at radius 1 is 1.21 bits per heavy atom. The van der Waals surface area contributed by atoms with Gasteiger partial charge in [0.2, 0.25) is 0 Å². The first kappa shape index (κ1) is 28.1. The highest BCUT2D eigenvalue weighted by Crippen LogP contribution is 2.28. The SMILES string of the molecule is Cc1nc([C@H](CC(C)C)NC(=O)OC(C)(C)C)sc1C(=O)N[C@@H](CCCN=C(N)N)C(=O)O. The summed E-state index contributed by atoms with van der Waals surface area (Å²) in [6, 6.07) is -1.54. The zero-order valence-corrected chi connectivity index (χ0v) is 20.9. The molecule has 0 spiro atoms. The molecule has 1 heterocycles. The molecule has 33 heavy (non-hydrogen) atoms. The largest absolute Gasteiger partial charge is 0.480 e. The number of guanidine groups is 1. The second-order valence-electron chi connectivity index (χ2n) is 9.11. The molecule has 0 aliphatic rings. The Bertz CT molecular complexity index is 858. The number of carbonyl (C=O) groups is 3. The molecule has 2 amide bonds. The molecule has 0 fully saturated rings. The first-order valence-corrected chi connectivity index (χ1v) is 11.6. The Morgan fingerprint density at radius 2 is 1.85 bits per heavy atom. The molecule has 186 valence electrons. The Balaban J connectivity index is 2.97. The van der Waals surface area contributed by atoms with Gasteiger partial charge in [0.1, 0.15) is 21.5 Å². The Morgan fingerprint density at radius 3 is 2.36 bits per heavy atom. The molecule has 11 nitrogen and oxygen atoms in total. The summed E-state index contributed by atoms with van der Waals surface area (Å²) >= 11 is 1.12. The minimum absolute atomic E-state index is 0.0744. The Labute approximate surface area is 198 Å². The predicted octanol–water partition coefficient (Wildman–Crippen LogP) is 2.30. The van der Waals surface area contributed by atoms with Crippen molar-refractivity contribution < 1.29 is 24.2 Å². The fourth-order valence-electron chi connectivity index (χ4n) is 2.90. The third kappa shape index (κ3) is 10.5. The number of hydrogen-bond acceptors (Lipinski definition) is 7. The molecule has 0 bridgehead atoms. The van der Waals surface area contributed by atoms with Crippen LogP contribution in [0.5, 0.6) is 0 Å². The van der Waals surface area contributed by atoms with E-state index >= 15 is 0 Å². The van der Waals surface area contributed by atoms with Gasteiger partial charge in [0.15, 0.2) is 5.96 Å². The molecule has 0 radical (unpaired) electrons. The van der Waals surface area contributed by atoms with Gasteiger partial charge in [-0.3, -0.25) is 9.79 Å². The normalized spacial score (nSPS) is 13.2. The lowest BCUT2D eigenvalue weighted by atomic mass is 10.0. The number of aryl methyl sites for hydroxylation is 1. The van der Waals surface area contributed by atoms with E-state index in [9.17, 15) is 19.5 Å². The number of carboxylic acid groups (broad SMARTS) is 1. The molecule has 0 aromatic carbocycles. The summed E-state index contributed by atoms with van der Waals surface area (Å²) < 4.78 is 5.35. The van der Waals surface area contributed by atoms with E-state index in [1.54, 1.807) is 27.7 Å². The van der Waals surface area contributed by atoms with Gasteiger partial charge in [-0.25, -0.2) is 14.6 Å². The van der Waals surface area contributed by atoms with Crippen molar-refractivity contribution in [1.82, 2.24) is 15.6 Å². The number of aliphatic carboxylic acids is 1. The summed E-state index contributed by atoms with van der Waals surface area (Å²) in [4.78, 5) is 45.3. The van der Waals surface area contributed by atoms with Gasteiger partial charge < -0.3 is 31.9 Å². The summed E-state index contributed by atoms with van der Waals surface area (Å²) in [6.45, 7) is 11.3. The molecular formula is C21H36N6O5S. The minimum atomic E-state index is -1.15. The van der Waals surface area contributed by atoms with Crippen LogP contribution < -0.4 is 22.1 Å².